The van der Waals surface area contributed by atoms with Gasteiger partial charge in [-0.3, -0.25) is 4.79 Å². The van der Waals surface area contributed by atoms with Gasteiger partial charge in [0.2, 0.25) is 0 Å². The molecule has 1 amide bonds. The van der Waals surface area contributed by atoms with Gasteiger partial charge in [-0.1, -0.05) is 0 Å². The molecule has 1 aliphatic rings. The molecular weight excluding hydrogens is 261 g/mol. The van der Waals surface area contributed by atoms with E-state index in [1.165, 1.54) is 17.0 Å². The molecule has 0 atom stereocenters. The Hall–Kier alpha value is -1.92. The van der Waals surface area contributed by atoms with Crippen molar-refractivity contribution in [1.82, 2.24) is 4.90 Å². The summed E-state index contributed by atoms with van der Waals surface area (Å²) in [4.78, 5) is 13.5. The van der Waals surface area contributed by atoms with Crippen LogP contribution >= 0.6 is 0 Å². The number of benzene rings is 1. The zero-order valence-corrected chi connectivity index (χ0v) is 10.2. The molecule has 0 aliphatic heterocycles. The smallest absolute Gasteiger partial charge is 0.404 e. The molecule has 104 valence electrons. The van der Waals surface area contributed by atoms with Crippen molar-refractivity contribution in [2.24, 2.45) is 0 Å². The Bertz CT molecular complexity index is 498. The number of nitrogens with two attached hydrogens (primary N) is 1. The number of carbonyl (C=O) groups is 1. The van der Waals surface area contributed by atoms with E-state index >= 15 is 0 Å². The maximum Gasteiger partial charge on any atom is 0.573 e. The van der Waals surface area contributed by atoms with E-state index in [9.17, 15) is 18.0 Å². The maximum atomic E-state index is 12.2. The van der Waals surface area contributed by atoms with Crippen LogP contribution in [-0.4, -0.2) is 30.3 Å². The van der Waals surface area contributed by atoms with Gasteiger partial charge in [-0.2, -0.15) is 0 Å². The predicted octanol–water partition coefficient (Wildman–Crippen LogP) is 2.40. The van der Waals surface area contributed by atoms with E-state index in [-0.39, 0.29) is 23.2 Å². The van der Waals surface area contributed by atoms with Crippen LogP contribution in [0.5, 0.6) is 5.75 Å². The molecule has 0 bridgehead atoms. The number of amides is 1. The molecule has 4 nitrogen and oxygen atoms in total. The summed E-state index contributed by atoms with van der Waals surface area (Å²) in [6.45, 7) is 0. The van der Waals surface area contributed by atoms with Crippen molar-refractivity contribution in [2.75, 3.05) is 12.8 Å². The summed E-state index contributed by atoms with van der Waals surface area (Å²) in [5.74, 6) is -0.892. The van der Waals surface area contributed by atoms with Crippen LogP contribution in [0.3, 0.4) is 0 Å². The summed E-state index contributed by atoms with van der Waals surface area (Å²) in [7, 11) is 1.63. The van der Waals surface area contributed by atoms with E-state index in [0.717, 1.165) is 18.9 Å². The number of hydrogen-bond donors (Lipinski definition) is 1. The number of carbonyl (C=O) groups excluding carboxylic acids is 1. The van der Waals surface area contributed by atoms with Crippen LogP contribution in [-0.2, 0) is 0 Å². The second-order valence-electron chi connectivity index (χ2n) is 4.45. The first-order valence-corrected chi connectivity index (χ1v) is 5.70. The van der Waals surface area contributed by atoms with Gasteiger partial charge < -0.3 is 15.4 Å². The molecule has 0 unspecified atom stereocenters. The zero-order valence-electron chi connectivity index (χ0n) is 10.2. The lowest BCUT2D eigenvalue weighted by Gasteiger charge is -2.17. The topological polar surface area (TPSA) is 55.6 Å². The van der Waals surface area contributed by atoms with E-state index in [2.05, 4.69) is 4.74 Å². The molecule has 0 radical (unpaired) electrons. The summed E-state index contributed by atoms with van der Waals surface area (Å²) >= 11 is 0. The number of hydrogen-bond acceptors (Lipinski definition) is 3. The number of anilines is 1. The fraction of sp³-hybridized carbons (Fsp3) is 0.417. The molecule has 1 aromatic rings. The number of halogens is 3. The summed E-state index contributed by atoms with van der Waals surface area (Å²) in [6.07, 6.45) is -3.00. The Labute approximate surface area is 107 Å². The van der Waals surface area contributed by atoms with Crippen molar-refractivity contribution in [3.8, 4) is 5.75 Å². The Morgan fingerprint density at radius 1 is 1.42 bits per heavy atom. The molecular formula is C12H13F3N2O2. The third kappa shape index (κ3) is 3.30. The highest BCUT2D eigenvalue weighted by molar-refractivity contribution is 5.95. The average Bonchev–Trinajstić information content (AvgIpc) is 3.12. The lowest BCUT2D eigenvalue weighted by atomic mass is 10.1. The Morgan fingerprint density at radius 2 is 2.05 bits per heavy atom. The number of ether oxygens (including phenoxy) is 1. The van der Waals surface area contributed by atoms with Crippen molar-refractivity contribution in [3.05, 3.63) is 23.8 Å². The molecule has 1 aromatic carbocycles. The normalized spacial score (nSPS) is 15.2. The molecule has 1 aliphatic carbocycles. The van der Waals surface area contributed by atoms with Gasteiger partial charge in [0.05, 0.1) is 5.69 Å². The maximum absolute atomic E-state index is 12.2. The molecule has 0 aromatic heterocycles. The molecule has 7 heteroatoms. The zero-order chi connectivity index (χ0) is 14.2. The van der Waals surface area contributed by atoms with Crippen LogP contribution in [0.15, 0.2) is 18.2 Å². The molecule has 1 fully saturated rings. The van der Waals surface area contributed by atoms with Gasteiger partial charge in [-0.05, 0) is 31.0 Å². The van der Waals surface area contributed by atoms with Gasteiger partial charge in [0.25, 0.3) is 5.91 Å². The molecule has 19 heavy (non-hydrogen) atoms. The number of nitrogens with zero attached hydrogens (tertiary/aromatic N) is 1. The molecule has 0 heterocycles. The van der Waals surface area contributed by atoms with Gasteiger partial charge in [0.15, 0.2) is 5.75 Å². The van der Waals surface area contributed by atoms with Crippen molar-refractivity contribution < 1.29 is 22.7 Å². The largest absolute Gasteiger partial charge is 0.573 e. The molecule has 2 N–H and O–H groups in total. The lowest BCUT2D eigenvalue weighted by molar-refractivity contribution is -0.274. The molecule has 0 spiro atoms. The van der Waals surface area contributed by atoms with Gasteiger partial charge in [0.1, 0.15) is 0 Å². The van der Waals surface area contributed by atoms with Crippen LogP contribution in [0.4, 0.5) is 18.9 Å². The van der Waals surface area contributed by atoms with Crippen LogP contribution in [0.25, 0.3) is 0 Å². The number of rotatable bonds is 3. The third-order valence-corrected chi connectivity index (χ3v) is 2.90. The Morgan fingerprint density at radius 3 is 2.58 bits per heavy atom. The van der Waals surface area contributed by atoms with E-state index in [1.807, 2.05) is 0 Å². The summed E-state index contributed by atoms with van der Waals surface area (Å²) in [5, 5.41) is 0. The van der Waals surface area contributed by atoms with E-state index in [0.29, 0.717) is 0 Å². The first-order chi connectivity index (χ1) is 8.78. The summed E-state index contributed by atoms with van der Waals surface area (Å²) in [6, 6.07) is 3.82. The monoisotopic (exact) mass is 274 g/mol. The summed E-state index contributed by atoms with van der Waals surface area (Å²) < 4.78 is 40.3. The Balaban J connectivity index is 2.22. The van der Waals surface area contributed by atoms with Gasteiger partial charge in [0, 0.05) is 18.7 Å². The minimum absolute atomic E-state index is 0.128. The first kappa shape index (κ1) is 13.5. The number of nitrogen functional groups attached to an aromatic ring is 1. The highest BCUT2D eigenvalue weighted by atomic mass is 19.4. The SMILES string of the molecule is CN(C(=O)c1ccc(N)c(OC(F)(F)F)c1)C1CC1. The van der Waals surface area contributed by atoms with Gasteiger partial charge in [-0.25, -0.2) is 0 Å². The standard InChI is InChI=1S/C12H13F3N2O2/c1-17(8-3-4-8)11(18)7-2-5-9(16)10(6-7)19-12(13,14)15/h2,5-6,8H,3-4,16H2,1H3. The fourth-order valence-electron chi connectivity index (χ4n) is 1.71. The van der Waals surface area contributed by atoms with Crippen molar-refractivity contribution >= 4 is 11.6 Å². The lowest BCUT2D eigenvalue weighted by Crippen LogP contribution is -2.28. The molecule has 1 saturated carbocycles. The van der Waals surface area contributed by atoms with Crippen molar-refractivity contribution in [2.45, 2.75) is 25.2 Å². The average molecular weight is 274 g/mol. The number of alkyl halides is 3. The second-order valence-corrected chi connectivity index (χ2v) is 4.45. The predicted molar refractivity (Wildman–Crippen MR) is 62.7 cm³/mol. The molecule has 0 saturated heterocycles. The fourth-order valence-corrected chi connectivity index (χ4v) is 1.71. The van der Waals surface area contributed by atoms with E-state index in [4.69, 9.17) is 5.73 Å². The highest BCUT2D eigenvalue weighted by Crippen LogP contribution is 2.31. The van der Waals surface area contributed by atoms with Crippen LogP contribution in [0.2, 0.25) is 0 Å². The third-order valence-electron chi connectivity index (χ3n) is 2.90. The van der Waals surface area contributed by atoms with Crippen LogP contribution in [0, 0.1) is 0 Å². The minimum Gasteiger partial charge on any atom is -0.404 e. The summed E-state index contributed by atoms with van der Waals surface area (Å²) in [5.41, 5.74) is 5.36. The first-order valence-electron chi connectivity index (χ1n) is 5.70. The van der Waals surface area contributed by atoms with Crippen molar-refractivity contribution in [1.29, 1.82) is 0 Å². The van der Waals surface area contributed by atoms with E-state index < -0.39 is 12.1 Å². The highest BCUT2D eigenvalue weighted by Gasteiger charge is 2.33. The Kier molecular flexibility index (Phi) is 3.30. The minimum atomic E-state index is -4.84. The van der Waals surface area contributed by atoms with Crippen LogP contribution in [0.1, 0.15) is 23.2 Å². The van der Waals surface area contributed by atoms with E-state index in [1.54, 1.807) is 7.05 Å². The second kappa shape index (κ2) is 4.64. The molecule has 2 rings (SSSR count). The van der Waals surface area contributed by atoms with Crippen molar-refractivity contribution in [3.63, 3.8) is 0 Å². The van der Waals surface area contributed by atoms with Gasteiger partial charge in [-0.15, -0.1) is 13.2 Å². The van der Waals surface area contributed by atoms with Gasteiger partial charge >= 0.3 is 6.36 Å². The quantitative estimate of drug-likeness (QED) is 0.861. The van der Waals surface area contributed by atoms with Crippen LogP contribution < -0.4 is 10.5 Å².